The first-order valence-corrected chi connectivity index (χ1v) is 7.85. The highest BCUT2D eigenvalue weighted by Gasteiger charge is 2.37. The third-order valence-corrected chi connectivity index (χ3v) is 5.18. The molecule has 20 heavy (non-hydrogen) atoms. The van der Waals surface area contributed by atoms with Crippen LogP contribution in [0.15, 0.2) is 23.1 Å². The minimum absolute atomic E-state index is 0.00593. The van der Waals surface area contributed by atoms with Gasteiger partial charge in [-0.2, -0.15) is 4.31 Å². The SMILES string of the molecule is CCN(C1CC1)S(=O)(=O)c1ccc(F)cc1C#CCO. The summed E-state index contributed by atoms with van der Waals surface area (Å²) in [4.78, 5) is -0.00593. The number of rotatable bonds is 4. The van der Waals surface area contributed by atoms with Crippen LogP contribution in [0.25, 0.3) is 0 Å². The molecule has 0 atom stereocenters. The zero-order valence-corrected chi connectivity index (χ0v) is 12.0. The Kier molecular flexibility index (Phi) is 4.43. The number of aliphatic hydroxyl groups excluding tert-OH is 1. The summed E-state index contributed by atoms with van der Waals surface area (Å²) in [5, 5.41) is 8.72. The lowest BCUT2D eigenvalue weighted by atomic mass is 10.2. The van der Waals surface area contributed by atoms with E-state index in [0.29, 0.717) is 6.54 Å². The fourth-order valence-corrected chi connectivity index (χ4v) is 3.90. The number of benzene rings is 1. The monoisotopic (exact) mass is 297 g/mol. The van der Waals surface area contributed by atoms with Crippen molar-refractivity contribution in [1.29, 1.82) is 0 Å². The Bertz CT molecular complexity index is 657. The van der Waals surface area contributed by atoms with Gasteiger partial charge in [-0.3, -0.25) is 0 Å². The van der Waals surface area contributed by atoms with E-state index in [1.54, 1.807) is 6.92 Å². The first-order valence-electron chi connectivity index (χ1n) is 6.41. The predicted octanol–water partition coefficient (Wildman–Crippen LogP) is 1.34. The van der Waals surface area contributed by atoms with Gasteiger partial charge in [0.1, 0.15) is 12.4 Å². The average Bonchev–Trinajstić information content (AvgIpc) is 3.21. The fraction of sp³-hybridized carbons (Fsp3) is 0.429. The molecular formula is C14H16FNO3S. The molecule has 2 rings (SSSR count). The van der Waals surface area contributed by atoms with E-state index in [1.165, 1.54) is 10.4 Å². The molecule has 1 aromatic carbocycles. The van der Waals surface area contributed by atoms with Gasteiger partial charge < -0.3 is 5.11 Å². The Morgan fingerprint density at radius 1 is 1.45 bits per heavy atom. The van der Waals surface area contributed by atoms with E-state index in [2.05, 4.69) is 11.8 Å². The lowest BCUT2D eigenvalue weighted by Crippen LogP contribution is -2.33. The third kappa shape index (κ3) is 3.01. The quantitative estimate of drug-likeness (QED) is 0.853. The van der Waals surface area contributed by atoms with Crippen LogP contribution in [-0.4, -0.2) is 37.0 Å². The molecule has 1 aliphatic carbocycles. The number of nitrogens with zero attached hydrogens (tertiary/aromatic N) is 1. The van der Waals surface area contributed by atoms with Crippen molar-refractivity contribution in [2.75, 3.05) is 13.2 Å². The highest BCUT2D eigenvalue weighted by Crippen LogP contribution is 2.32. The molecule has 0 aromatic heterocycles. The van der Waals surface area contributed by atoms with Gasteiger partial charge in [-0.25, -0.2) is 12.8 Å². The first-order chi connectivity index (χ1) is 9.50. The van der Waals surface area contributed by atoms with Gasteiger partial charge in [0.2, 0.25) is 10.0 Å². The van der Waals surface area contributed by atoms with Crippen LogP contribution in [0.1, 0.15) is 25.3 Å². The van der Waals surface area contributed by atoms with Gasteiger partial charge in [0, 0.05) is 18.2 Å². The van der Waals surface area contributed by atoms with Crippen molar-refractivity contribution in [3.63, 3.8) is 0 Å². The molecule has 1 aromatic rings. The number of aliphatic hydroxyl groups is 1. The van der Waals surface area contributed by atoms with Crippen molar-refractivity contribution in [3.8, 4) is 11.8 Å². The Balaban J connectivity index is 2.50. The summed E-state index contributed by atoms with van der Waals surface area (Å²) in [6.07, 6.45) is 1.71. The van der Waals surface area contributed by atoms with Crippen molar-refractivity contribution in [2.45, 2.75) is 30.7 Å². The van der Waals surface area contributed by atoms with Gasteiger partial charge in [-0.05, 0) is 31.0 Å². The highest BCUT2D eigenvalue weighted by atomic mass is 32.2. The number of hydrogen-bond donors (Lipinski definition) is 1. The minimum atomic E-state index is -3.68. The molecule has 1 saturated carbocycles. The van der Waals surface area contributed by atoms with Crippen LogP contribution in [0.4, 0.5) is 4.39 Å². The van der Waals surface area contributed by atoms with E-state index in [0.717, 1.165) is 25.0 Å². The Labute approximate surface area is 118 Å². The molecule has 0 saturated heterocycles. The number of hydrogen-bond acceptors (Lipinski definition) is 3. The highest BCUT2D eigenvalue weighted by molar-refractivity contribution is 7.89. The van der Waals surface area contributed by atoms with Crippen molar-refractivity contribution >= 4 is 10.0 Å². The van der Waals surface area contributed by atoms with Crippen molar-refractivity contribution in [3.05, 3.63) is 29.6 Å². The van der Waals surface area contributed by atoms with E-state index in [1.807, 2.05) is 0 Å². The Hall–Kier alpha value is -1.42. The summed E-state index contributed by atoms with van der Waals surface area (Å²) < 4.78 is 39.9. The number of halogens is 1. The van der Waals surface area contributed by atoms with Crippen molar-refractivity contribution in [2.24, 2.45) is 0 Å². The van der Waals surface area contributed by atoms with E-state index < -0.39 is 22.4 Å². The maximum atomic E-state index is 13.3. The van der Waals surface area contributed by atoms with Gasteiger partial charge in [0.05, 0.1) is 4.90 Å². The maximum Gasteiger partial charge on any atom is 0.244 e. The van der Waals surface area contributed by atoms with E-state index in [-0.39, 0.29) is 16.5 Å². The van der Waals surface area contributed by atoms with Crippen LogP contribution in [0.2, 0.25) is 0 Å². The van der Waals surface area contributed by atoms with Crippen LogP contribution >= 0.6 is 0 Å². The second-order valence-corrected chi connectivity index (χ2v) is 6.40. The fourth-order valence-electron chi connectivity index (χ4n) is 2.07. The summed E-state index contributed by atoms with van der Waals surface area (Å²) in [5.41, 5.74) is 0.0816. The minimum Gasteiger partial charge on any atom is -0.384 e. The smallest absolute Gasteiger partial charge is 0.244 e. The van der Waals surface area contributed by atoms with Crippen molar-refractivity contribution < 1.29 is 17.9 Å². The zero-order valence-electron chi connectivity index (χ0n) is 11.1. The summed E-state index contributed by atoms with van der Waals surface area (Å²) >= 11 is 0. The third-order valence-electron chi connectivity index (χ3n) is 3.10. The largest absolute Gasteiger partial charge is 0.384 e. The summed E-state index contributed by atoms with van der Waals surface area (Å²) in [5.74, 6) is 4.31. The second-order valence-electron chi connectivity index (χ2n) is 4.54. The van der Waals surface area contributed by atoms with Crippen LogP contribution in [-0.2, 0) is 10.0 Å². The standard InChI is InChI=1S/C14H16FNO3S/c1-2-16(13-6-7-13)20(18,19)14-8-5-12(15)10-11(14)4-3-9-17/h5,8,10,13,17H,2,6-7,9H2,1H3. The molecule has 0 spiro atoms. The van der Waals surface area contributed by atoms with Gasteiger partial charge in [0.15, 0.2) is 0 Å². The molecule has 0 radical (unpaired) electrons. The lowest BCUT2D eigenvalue weighted by Gasteiger charge is -2.20. The molecule has 1 N–H and O–H groups in total. The summed E-state index contributed by atoms with van der Waals surface area (Å²) in [6.45, 7) is 1.74. The van der Waals surface area contributed by atoms with Gasteiger partial charge in [0.25, 0.3) is 0 Å². The van der Waals surface area contributed by atoms with Gasteiger partial charge in [-0.15, -0.1) is 0 Å². The molecule has 1 fully saturated rings. The maximum absolute atomic E-state index is 13.3. The average molecular weight is 297 g/mol. The molecule has 0 heterocycles. The van der Waals surface area contributed by atoms with Gasteiger partial charge in [-0.1, -0.05) is 18.8 Å². The van der Waals surface area contributed by atoms with Crippen LogP contribution in [0.5, 0.6) is 0 Å². The predicted molar refractivity (Wildman–Crippen MR) is 73.0 cm³/mol. The van der Waals surface area contributed by atoms with Crippen LogP contribution < -0.4 is 0 Å². The Morgan fingerprint density at radius 3 is 2.70 bits per heavy atom. The molecule has 1 aliphatic rings. The van der Waals surface area contributed by atoms with Crippen LogP contribution in [0.3, 0.4) is 0 Å². The summed E-state index contributed by atoms with van der Waals surface area (Å²) in [6, 6.07) is 3.46. The molecule has 0 aliphatic heterocycles. The molecule has 0 unspecified atom stereocenters. The first kappa shape index (κ1) is 15.0. The van der Waals surface area contributed by atoms with E-state index >= 15 is 0 Å². The molecule has 0 amide bonds. The van der Waals surface area contributed by atoms with E-state index in [4.69, 9.17) is 5.11 Å². The van der Waals surface area contributed by atoms with E-state index in [9.17, 15) is 12.8 Å². The van der Waals surface area contributed by atoms with Crippen LogP contribution in [0, 0.1) is 17.7 Å². The van der Waals surface area contributed by atoms with Crippen molar-refractivity contribution in [1.82, 2.24) is 4.31 Å². The molecule has 0 bridgehead atoms. The molecular weight excluding hydrogens is 281 g/mol. The molecule has 4 nitrogen and oxygen atoms in total. The number of sulfonamides is 1. The molecule has 6 heteroatoms. The summed E-state index contributed by atoms with van der Waals surface area (Å²) in [7, 11) is -3.68. The topological polar surface area (TPSA) is 57.6 Å². The Morgan fingerprint density at radius 2 is 2.15 bits per heavy atom. The molecule has 108 valence electrons. The second kappa shape index (κ2) is 5.92. The normalized spacial score (nSPS) is 15.0. The zero-order chi connectivity index (χ0) is 14.8. The lowest BCUT2D eigenvalue weighted by molar-refractivity contribution is 0.350. The van der Waals surface area contributed by atoms with Gasteiger partial charge >= 0.3 is 0 Å².